The van der Waals surface area contributed by atoms with E-state index in [2.05, 4.69) is 19.8 Å². The standard InChI is InChI=1S/C19H17N5O2S/c1-13-3-5-16(6-4-13)27(25,26)23-19-17-9-14(15-11-22-24(2)12-15)10-21-18(17)7-8-20-19/h3-12H,1-2H3,(H,20,23). The minimum atomic E-state index is -3.75. The molecule has 0 saturated carbocycles. The summed E-state index contributed by atoms with van der Waals surface area (Å²) in [6.45, 7) is 1.90. The average molecular weight is 379 g/mol. The highest BCUT2D eigenvalue weighted by Crippen LogP contribution is 2.27. The zero-order valence-corrected chi connectivity index (χ0v) is 15.6. The number of hydrogen-bond acceptors (Lipinski definition) is 5. The third kappa shape index (κ3) is 3.39. The number of rotatable bonds is 4. The number of hydrogen-bond donors (Lipinski definition) is 1. The number of aromatic nitrogens is 4. The molecule has 4 rings (SSSR count). The summed E-state index contributed by atoms with van der Waals surface area (Å²) >= 11 is 0. The first kappa shape index (κ1) is 17.2. The first-order chi connectivity index (χ1) is 12.9. The summed E-state index contributed by atoms with van der Waals surface area (Å²) in [6.07, 6.45) is 6.87. The van der Waals surface area contributed by atoms with E-state index in [1.54, 1.807) is 47.4 Å². The van der Waals surface area contributed by atoms with Crippen molar-refractivity contribution in [2.24, 2.45) is 7.05 Å². The van der Waals surface area contributed by atoms with Crippen molar-refractivity contribution < 1.29 is 8.42 Å². The first-order valence-electron chi connectivity index (χ1n) is 8.26. The lowest BCUT2D eigenvalue weighted by Crippen LogP contribution is -2.14. The molecule has 0 aliphatic heterocycles. The van der Waals surface area contributed by atoms with Crippen molar-refractivity contribution in [1.29, 1.82) is 0 Å². The van der Waals surface area contributed by atoms with Crippen LogP contribution in [0.4, 0.5) is 5.82 Å². The van der Waals surface area contributed by atoms with Crippen LogP contribution < -0.4 is 4.72 Å². The Hall–Kier alpha value is -3.26. The molecule has 0 amide bonds. The number of sulfonamides is 1. The quantitative estimate of drug-likeness (QED) is 0.588. The fourth-order valence-electron chi connectivity index (χ4n) is 2.76. The van der Waals surface area contributed by atoms with Gasteiger partial charge in [0, 0.05) is 42.2 Å². The van der Waals surface area contributed by atoms with E-state index in [0.29, 0.717) is 10.9 Å². The zero-order chi connectivity index (χ0) is 19.0. The summed E-state index contributed by atoms with van der Waals surface area (Å²) in [7, 11) is -1.92. The first-order valence-corrected chi connectivity index (χ1v) is 9.74. The Bertz CT molecular complexity index is 1230. The van der Waals surface area contributed by atoms with Crippen LogP contribution in [0.3, 0.4) is 0 Å². The highest BCUT2D eigenvalue weighted by molar-refractivity contribution is 7.92. The maximum Gasteiger partial charge on any atom is 0.263 e. The molecule has 0 unspecified atom stereocenters. The van der Waals surface area contributed by atoms with Gasteiger partial charge in [0.15, 0.2) is 0 Å². The summed E-state index contributed by atoms with van der Waals surface area (Å²) < 4.78 is 29.7. The van der Waals surface area contributed by atoms with Gasteiger partial charge in [0.25, 0.3) is 10.0 Å². The van der Waals surface area contributed by atoms with Crippen LogP contribution in [0, 0.1) is 6.92 Å². The Kier molecular flexibility index (Phi) is 4.12. The molecule has 0 aliphatic carbocycles. The molecule has 136 valence electrons. The lowest BCUT2D eigenvalue weighted by molar-refractivity contribution is 0.601. The van der Waals surface area contributed by atoms with Crippen molar-refractivity contribution in [2.45, 2.75) is 11.8 Å². The monoisotopic (exact) mass is 379 g/mol. The number of nitrogens with one attached hydrogen (secondary N) is 1. The molecule has 8 heteroatoms. The second kappa shape index (κ2) is 6.48. The summed E-state index contributed by atoms with van der Waals surface area (Å²) in [5.41, 5.74) is 3.37. The molecule has 0 radical (unpaired) electrons. The molecule has 0 fully saturated rings. The third-order valence-corrected chi connectivity index (χ3v) is 5.57. The van der Waals surface area contributed by atoms with Gasteiger partial charge in [0.2, 0.25) is 0 Å². The van der Waals surface area contributed by atoms with Crippen molar-refractivity contribution in [3.8, 4) is 11.1 Å². The van der Waals surface area contributed by atoms with E-state index in [4.69, 9.17) is 0 Å². The van der Waals surface area contributed by atoms with E-state index in [1.165, 1.54) is 6.20 Å². The lowest BCUT2D eigenvalue weighted by Gasteiger charge is -2.10. The molecule has 0 atom stereocenters. The Morgan fingerprint density at radius 1 is 1.00 bits per heavy atom. The number of fused-ring (bicyclic) bond motifs is 1. The third-order valence-electron chi connectivity index (χ3n) is 4.21. The van der Waals surface area contributed by atoms with Crippen LogP contribution in [0.5, 0.6) is 0 Å². The predicted molar refractivity (Wildman–Crippen MR) is 104 cm³/mol. The van der Waals surface area contributed by atoms with E-state index in [9.17, 15) is 8.42 Å². The zero-order valence-electron chi connectivity index (χ0n) is 14.8. The van der Waals surface area contributed by atoms with Crippen molar-refractivity contribution in [3.05, 3.63) is 66.7 Å². The predicted octanol–water partition coefficient (Wildman–Crippen LogP) is 3.14. The van der Waals surface area contributed by atoms with Crippen molar-refractivity contribution >= 4 is 26.7 Å². The number of benzene rings is 1. The summed E-state index contributed by atoms with van der Waals surface area (Å²) in [5.74, 6) is 0.242. The van der Waals surface area contributed by atoms with Crippen LogP contribution in [0.25, 0.3) is 22.0 Å². The topological polar surface area (TPSA) is 89.8 Å². The van der Waals surface area contributed by atoms with Gasteiger partial charge in [-0.3, -0.25) is 14.4 Å². The highest BCUT2D eigenvalue weighted by atomic mass is 32.2. The number of anilines is 1. The maximum absolute atomic E-state index is 12.7. The van der Waals surface area contributed by atoms with E-state index < -0.39 is 10.0 Å². The molecule has 4 aromatic rings. The smallest absolute Gasteiger partial charge is 0.263 e. The molecule has 7 nitrogen and oxygen atoms in total. The van der Waals surface area contributed by atoms with Crippen LogP contribution in [-0.2, 0) is 17.1 Å². The van der Waals surface area contributed by atoms with Crippen LogP contribution in [-0.4, -0.2) is 28.2 Å². The minimum Gasteiger partial charge on any atom is -0.275 e. The molecule has 27 heavy (non-hydrogen) atoms. The van der Waals surface area contributed by atoms with Gasteiger partial charge in [0.1, 0.15) is 5.82 Å². The van der Waals surface area contributed by atoms with E-state index in [0.717, 1.165) is 16.7 Å². The number of pyridine rings is 2. The second-order valence-corrected chi connectivity index (χ2v) is 7.95. The van der Waals surface area contributed by atoms with Gasteiger partial charge in [-0.15, -0.1) is 0 Å². The molecule has 1 N–H and O–H groups in total. The van der Waals surface area contributed by atoms with E-state index in [1.807, 2.05) is 26.2 Å². The van der Waals surface area contributed by atoms with Crippen molar-refractivity contribution in [1.82, 2.24) is 19.7 Å². The van der Waals surface area contributed by atoms with Crippen LogP contribution in [0.1, 0.15) is 5.56 Å². The molecule has 1 aromatic carbocycles. The fraction of sp³-hybridized carbons (Fsp3) is 0.105. The Morgan fingerprint density at radius 3 is 2.48 bits per heavy atom. The van der Waals surface area contributed by atoms with Crippen LogP contribution in [0.15, 0.2) is 66.1 Å². The summed E-state index contributed by atoms with van der Waals surface area (Å²) in [5, 5.41) is 4.78. The average Bonchev–Trinajstić information content (AvgIpc) is 3.08. The van der Waals surface area contributed by atoms with Gasteiger partial charge in [-0.2, -0.15) is 5.10 Å². The molecule has 0 bridgehead atoms. The van der Waals surface area contributed by atoms with Gasteiger partial charge in [-0.25, -0.2) is 13.4 Å². The highest BCUT2D eigenvalue weighted by Gasteiger charge is 2.17. The molecular formula is C19H17N5O2S. The largest absolute Gasteiger partial charge is 0.275 e. The molecule has 3 aromatic heterocycles. The Labute approximate surface area is 156 Å². The van der Waals surface area contributed by atoms with Gasteiger partial charge in [0.05, 0.1) is 16.6 Å². The van der Waals surface area contributed by atoms with Gasteiger partial charge in [-0.1, -0.05) is 17.7 Å². The number of nitrogens with zero attached hydrogens (tertiary/aromatic N) is 4. The molecular weight excluding hydrogens is 362 g/mol. The maximum atomic E-state index is 12.7. The lowest BCUT2D eigenvalue weighted by atomic mass is 10.1. The normalized spacial score (nSPS) is 11.6. The molecule has 0 spiro atoms. The molecule has 0 saturated heterocycles. The molecule has 0 aliphatic rings. The van der Waals surface area contributed by atoms with Crippen LogP contribution in [0.2, 0.25) is 0 Å². The van der Waals surface area contributed by atoms with E-state index in [-0.39, 0.29) is 10.7 Å². The molecule has 3 heterocycles. The van der Waals surface area contributed by atoms with Gasteiger partial charge < -0.3 is 0 Å². The second-order valence-electron chi connectivity index (χ2n) is 6.27. The van der Waals surface area contributed by atoms with Crippen molar-refractivity contribution in [2.75, 3.05) is 4.72 Å². The number of aryl methyl sites for hydroxylation is 2. The Morgan fingerprint density at radius 2 is 1.78 bits per heavy atom. The van der Waals surface area contributed by atoms with E-state index >= 15 is 0 Å². The summed E-state index contributed by atoms with van der Waals surface area (Å²) in [6, 6.07) is 10.3. The van der Waals surface area contributed by atoms with Gasteiger partial charge in [-0.05, 0) is 31.2 Å². The SMILES string of the molecule is Cc1ccc(S(=O)(=O)Nc2nccc3ncc(-c4cnn(C)c4)cc23)cc1. The fourth-order valence-corrected chi connectivity index (χ4v) is 3.79. The summed E-state index contributed by atoms with van der Waals surface area (Å²) in [4.78, 5) is 8.84. The van der Waals surface area contributed by atoms with Crippen molar-refractivity contribution in [3.63, 3.8) is 0 Å². The van der Waals surface area contributed by atoms with Gasteiger partial charge >= 0.3 is 0 Å². The Balaban J connectivity index is 1.78. The minimum absolute atomic E-state index is 0.184. The van der Waals surface area contributed by atoms with Crippen LogP contribution >= 0.6 is 0 Å².